The number of ether oxygens (including phenoxy) is 4. The fourth-order valence-corrected chi connectivity index (χ4v) is 3.87. The monoisotopic (exact) mass is 547 g/mol. The fourth-order valence-electron chi connectivity index (χ4n) is 3.87. The molecular formula is C29H41NO9. The molecule has 0 saturated carbocycles. The molecule has 0 bridgehead atoms. The maximum absolute atomic E-state index is 12.6. The second-order valence-electron chi connectivity index (χ2n) is 9.23. The Bertz CT molecular complexity index is 1020. The molecule has 0 aliphatic carbocycles. The van der Waals surface area contributed by atoms with Crippen molar-refractivity contribution in [3.05, 3.63) is 52.1 Å². The molecule has 216 valence electrons. The van der Waals surface area contributed by atoms with Gasteiger partial charge in [-0.1, -0.05) is 64.3 Å². The Hall–Kier alpha value is -3.08. The van der Waals surface area contributed by atoms with Gasteiger partial charge in [-0.2, -0.15) is 0 Å². The van der Waals surface area contributed by atoms with Crippen LogP contribution < -0.4 is 4.74 Å². The predicted octanol–water partition coefficient (Wildman–Crippen LogP) is 6.12. The Morgan fingerprint density at radius 2 is 1.44 bits per heavy atom. The van der Waals surface area contributed by atoms with Crippen LogP contribution in [0, 0.1) is 10.1 Å². The first-order valence-corrected chi connectivity index (χ1v) is 13.8. The molecule has 0 aliphatic rings. The molecule has 0 saturated heterocycles. The quantitative estimate of drug-likeness (QED) is 0.0346. The topological polar surface area (TPSA) is 123 Å². The highest BCUT2D eigenvalue weighted by Gasteiger charge is 2.44. The van der Waals surface area contributed by atoms with Crippen LogP contribution in [0.25, 0.3) is 10.8 Å². The summed E-state index contributed by atoms with van der Waals surface area (Å²) in [6, 6.07) is 10.7. The molecule has 2 aromatic carbocycles. The number of esters is 1. The van der Waals surface area contributed by atoms with Crippen molar-refractivity contribution in [2.75, 3.05) is 26.4 Å². The minimum Gasteiger partial charge on any atom is -0.427 e. The number of nitrogens with zero attached hydrogens (tertiary/aromatic N) is 1. The van der Waals surface area contributed by atoms with Crippen LogP contribution in [0.3, 0.4) is 0 Å². The van der Waals surface area contributed by atoms with Crippen LogP contribution in [0.2, 0.25) is 0 Å². The first-order valence-electron chi connectivity index (χ1n) is 13.8. The molecule has 0 aromatic heterocycles. The Labute approximate surface area is 230 Å². The van der Waals surface area contributed by atoms with E-state index < -0.39 is 22.9 Å². The van der Waals surface area contributed by atoms with Gasteiger partial charge < -0.3 is 28.6 Å². The summed E-state index contributed by atoms with van der Waals surface area (Å²) >= 11 is 0. The molecule has 0 fully saturated rings. The zero-order chi connectivity index (χ0) is 28.5. The normalized spacial score (nSPS) is 12.3. The van der Waals surface area contributed by atoms with Crippen molar-refractivity contribution < 1.29 is 38.5 Å². The van der Waals surface area contributed by atoms with Crippen LogP contribution in [0.1, 0.15) is 83.6 Å². The third-order valence-electron chi connectivity index (χ3n) is 6.07. The number of carbonyl (C=O) groups is 2. The minimum atomic E-state index is -1.52. The van der Waals surface area contributed by atoms with Crippen molar-refractivity contribution in [2.45, 2.75) is 84.0 Å². The summed E-state index contributed by atoms with van der Waals surface area (Å²) in [6.07, 6.45) is 6.21. The Morgan fingerprint density at radius 3 is 1.97 bits per heavy atom. The number of rotatable bonds is 21. The maximum Gasteiger partial charge on any atom is 0.311 e. The van der Waals surface area contributed by atoms with E-state index in [1.807, 2.05) is 18.2 Å². The number of hydrogen-bond donors (Lipinski definition) is 0. The zero-order valence-electron chi connectivity index (χ0n) is 23.2. The highest BCUT2D eigenvalue weighted by Crippen LogP contribution is 2.36. The third kappa shape index (κ3) is 10.5. The lowest BCUT2D eigenvalue weighted by Gasteiger charge is -2.37. The van der Waals surface area contributed by atoms with Crippen molar-refractivity contribution in [1.82, 2.24) is 0 Å². The van der Waals surface area contributed by atoms with Crippen LogP contribution >= 0.6 is 0 Å². The number of aldehydes is 1. The lowest BCUT2D eigenvalue weighted by Crippen LogP contribution is -2.46. The molecule has 0 spiro atoms. The van der Waals surface area contributed by atoms with Gasteiger partial charge in [0.05, 0.1) is 26.4 Å². The van der Waals surface area contributed by atoms with Crippen molar-refractivity contribution in [2.24, 2.45) is 0 Å². The van der Waals surface area contributed by atoms with Crippen LogP contribution in [0.15, 0.2) is 36.4 Å². The molecule has 0 heterocycles. The van der Waals surface area contributed by atoms with Crippen molar-refractivity contribution in [3.63, 3.8) is 0 Å². The number of hydrogen-bond acceptors (Lipinski definition) is 9. The second kappa shape index (κ2) is 17.5. The number of carbonyl (C=O) groups excluding carboxylic acids is 2. The van der Waals surface area contributed by atoms with E-state index in [1.54, 1.807) is 18.2 Å². The molecule has 10 heteroatoms. The van der Waals surface area contributed by atoms with Gasteiger partial charge in [-0.25, -0.2) is 0 Å². The fraction of sp³-hybridized carbons (Fsp3) is 0.586. The summed E-state index contributed by atoms with van der Waals surface area (Å²) < 4.78 is 24.0. The van der Waals surface area contributed by atoms with Crippen LogP contribution in [-0.2, 0) is 28.6 Å². The molecule has 0 N–H and O–H groups in total. The third-order valence-corrected chi connectivity index (χ3v) is 6.07. The largest absolute Gasteiger partial charge is 0.427 e. The van der Waals surface area contributed by atoms with Gasteiger partial charge in [0, 0.05) is 6.42 Å². The molecule has 0 aliphatic heterocycles. The standard InChI is InChI=1S/C29H41NO9/c1-4-7-16-35-29(36-17-8-5-2,37-18-9-6-3)27(22-31)25-13-12-24-21-26(15-14-23(24)20-25)39-28(32)11-10-19-38-30(33)34/h12-15,20-22,27H,4-11,16-19H2,1-3H3. The minimum absolute atomic E-state index is 0.0119. The van der Waals surface area contributed by atoms with Gasteiger partial charge in [0.15, 0.2) is 0 Å². The molecule has 2 rings (SSSR count). The molecule has 39 heavy (non-hydrogen) atoms. The first kappa shape index (κ1) is 32.1. The molecule has 1 unspecified atom stereocenters. The van der Waals surface area contributed by atoms with E-state index in [2.05, 4.69) is 25.6 Å². The summed E-state index contributed by atoms with van der Waals surface area (Å²) in [4.78, 5) is 39.1. The van der Waals surface area contributed by atoms with Crippen LogP contribution in [0.5, 0.6) is 5.75 Å². The summed E-state index contributed by atoms with van der Waals surface area (Å²) in [6.45, 7) is 7.24. The second-order valence-corrected chi connectivity index (χ2v) is 9.23. The van der Waals surface area contributed by atoms with Gasteiger partial charge in [0.1, 0.15) is 18.0 Å². The highest BCUT2D eigenvalue weighted by atomic mass is 16.9. The average molecular weight is 548 g/mol. The van der Waals surface area contributed by atoms with Crippen molar-refractivity contribution >= 4 is 23.0 Å². The van der Waals surface area contributed by atoms with E-state index in [4.69, 9.17) is 18.9 Å². The average Bonchev–Trinajstić information content (AvgIpc) is 2.92. The Kier molecular flexibility index (Phi) is 14.4. The molecule has 0 amide bonds. The zero-order valence-corrected chi connectivity index (χ0v) is 23.2. The van der Waals surface area contributed by atoms with Gasteiger partial charge in [0.25, 0.3) is 11.1 Å². The van der Waals surface area contributed by atoms with E-state index in [9.17, 15) is 19.7 Å². The van der Waals surface area contributed by atoms with E-state index in [0.717, 1.165) is 55.6 Å². The lowest BCUT2D eigenvalue weighted by atomic mass is 9.94. The van der Waals surface area contributed by atoms with E-state index >= 15 is 0 Å². The van der Waals surface area contributed by atoms with Gasteiger partial charge in [-0.15, -0.1) is 10.1 Å². The van der Waals surface area contributed by atoms with Gasteiger partial charge in [-0.3, -0.25) is 4.79 Å². The van der Waals surface area contributed by atoms with Crippen molar-refractivity contribution in [3.8, 4) is 5.75 Å². The predicted molar refractivity (Wildman–Crippen MR) is 146 cm³/mol. The van der Waals surface area contributed by atoms with Gasteiger partial charge >= 0.3 is 5.97 Å². The number of benzene rings is 2. The van der Waals surface area contributed by atoms with Crippen molar-refractivity contribution in [1.29, 1.82) is 0 Å². The Balaban J connectivity index is 2.27. The SMILES string of the molecule is CCCCOC(OCCCC)(OCCCC)C(C=O)c1ccc2cc(OC(=O)CCCO[N+](=O)[O-])ccc2c1. The van der Waals surface area contributed by atoms with E-state index in [-0.39, 0.29) is 19.4 Å². The van der Waals surface area contributed by atoms with Gasteiger partial charge in [0.2, 0.25) is 0 Å². The van der Waals surface area contributed by atoms with E-state index in [1.165, 1.54) is 0 Å². The van der Waals surface area contributed by atoms with E-state index in [0.29, 0.717) is 31.1 Å². The number of unbranched alkanes of at least 4 members (excludes halogenated alkanes) is 3. The lowest BCUT2D eigenvalue weighted by molar-refractivity contribution is -0.757. The summed E-state index contributed by atoms with van der Waals surface area (Å²) in [5.41, 5.74) is 0.692. The first-order chi connectivity index (χ1) is 18.9. The summed E-state index contributed by atoms with van der Waals surface area (Å²) in [5, 5.41) is 11.0. The molecule has 0 radical (unpaired) electrons. The smallest absolute Gasteiger partial charge is 0.311 e. The molecule has 2 aromatic rings. The number of fused-ring (bicyclic) bond motifs is 1. The molecule has 10 nitrogen and oxygen atoms in total. The van der Waals surface area contributed by atoms with Crippen LogP contribution in [0.4, 0.5) is 0 Å². The van der Waals surface area contributed by atoms with Gasteiger partial charge in [-0.05, 0) is 54.2 Å². The van der Waals surface area contributed by atoms with Crippen LogP contribution in [-0.4, -0.2) is 49.7 Å². The maximum atomic E-state index is 12.6. The Morgan fingerprint density at radius 1 is 0.872 bits per heavy atom. The summed E-state index contributed by atoms with van der Waals surface area (Å²) in [5.74, 6) is -2.50. The molecule has 1 atom stereocenters. The summed E-state index contributed by atoms with van der Waals surface area (Å²) in [7, 11) is 0. The highest BCUT2D eigenvalue weighted by molar-refractivity contribution is 5.86. The molecular weight excluding hydrogens is 506 g/mol.